The summed E-state index contributed by atoms with van der Waals surface area (Å²) >= 11 is 0. The molecule has 0 aliphatic heterocycles. The first-order valence-electron chi connectivity index (χ1n) is 19.7. The van der Waals surface area contributed by atoms with Crippen LogP contribution in [-0.4, -0.2) is 74.2 Å². The Hall–Kier alpha value is -7.76. The van der Waals surface area contributed by atoms with Crippen LogP contribution in [-0.2, 0) is 28.5 Å². The Labute approximate surface area is 357 Å². The molecule has 0 spiro atoms. The summed E-state index contributed by atoms with van der Waals surface area (Å²) in [5, 5.41) is 16.0. The molecule has 4 aromatic carbocycles. The standard InChI is InChI=1S/C44H48N6O12/c1-5-59-39(53)27-21-28(40(54)60-6-2)24-35(23-27)49-43(57)47-33-17-13-31(14-18-33)45-37(51)11-9-10-12-38(52)46-32-15-19-34(20-16-32)48-44(58)50-36-25-29(41(55)61-7-3)22-30(26-36)42(56)62-8-4/h13-26H,5-12H2,1-4H3,(H,45,51)(H,46,52)(H2,47,49,57)(H2,48,50,58). The van der Waals surface area contributed by atoms with Crippen molar-refractivity contribution in [3.05, 3.63) is 107 Å². The summed E-state index contributed by atoms with van der Waals surface area (Å²) in [6.45, 7) is 7.07. The van der Waals surface area contributed by atoms with Crippen molar-refractivity contribution in [2.24, 2.45) is 0 Å². The fourth-order valence-electron chi connectivity index (χ4n) is 5.61. The Morgan fingerprint density at radius 2 is 0.597 bits per heavy atom. The third kappa shape index (κ3) is 15.1. The lowest BCUT2D eigenvalue weighted by Crippen LogP contribution is -2.20. The molecule has 0 aliphatic rings. The molecule has 0 unspecified atom stereocenters. The zero-order chi connectivity index (χ0) is 45.0. The van der Waals surface area contributed by atoms with E-state index < -0.39 is 35.9 Å². The number of rotatable bonds is 19. The van der Waals surface area contributed by atoms with Gasteiger partial charge < -0.3 is 50.8 Å². The van der Waals surface area contributed by atoms with Crippen molar-refractivity contribution in [3.8, 4) is 0 Å². The second-order valence-corrected chi connectivity index (χ2v) is 13.1. The van der Waals surface area contributed by atoms with E-state index in [0.29, 0.717) is 35.6 Å². The van der Waals surface area contributed by atoms with Gasteiger partial charge in [0.25, 0.3) is 0 Å². The number of carbonyl (C=O) groups is 8. The smallest absolute Gasteiger partial charge is 0.338 e. The molecule has 18 heteroatoms. The summed E-state index contributed by atoms with van der Waals surface area (Å²) in [6, 6.07) is 19.6. The molecule has 0 saturated heterocycles. The van der Waals surface area contributed by atoms with Crippen molar-refractivity contribution < 1.29 is 57.3 Å². The molecule has 0 fully saturated rings. The highest BCUT2D eigenvalue weighted by Gasteiger charge is 2.18. The molecule has 0 aromatic heterocycles. The van der Waals surface area contributed by atoms with Crippen LogP contribution in [0.4, 0.5) is 43.7 Å². The van der Waals surface area contributed by atoms with Crippen LogP contribution in [0.3, 0.4) is 0 Å². The Morgan fingerprint density at radius 1 is 0.355 bits per heavy atom. The topological polar surface area (TPSA) is 246 Å². The summed E-state index contributed by atoms with van der Waals surface area (Å²) in [5.74, 6) is -3.19. The summed E-state index contributed by atoms with van der Waals surface area (Å²) in [7, 11) is 0. The Bertz CT molecular complexity index is 2030. The first-order valence-corrected chi connectivity index (χ1v) is 19.7. The van der Waals surface area contributed by atoms with Crippen molar-refractivity contribution in [1.82, 2.24) is 0 Å². The van der Waals surface area contributed by atoms with E-state index in [1.54, 1.807) is 76.2 Å². The molecule has 6 amide bonds. The number of carbonyl (C=O) groups excluding carboxylic acids is 8. The lowest BCUT2D eigenvalue weighted by atomic mass is 10.1. The van der Waals surface area contributed by atoms with Crippen molar-refractivity contribution in [2.45, 2.75) is 53.4 Å². The van der Waals surface area contributed by atoms with Gasteiger partial charge in [0.15, 0.2) is 0 Å². The van der Waals surface area contributed by atoms with Gasteiger partial charge >= 0.3 is 35.9 Å². The molecule has 4 aromatic rings. The second kappa shape index (κ2) is 23.7. The van der Waals surface area contributed by atoms with Gasteiger partial charge in [-0.15, -0.1) is 0 Å². The van der Waals surface area contributed by atoms with E-state index >= 15 is 0 Å². The minimum Gasteiger partial charge on any atom is -0.462 e. The van der Waals surface area contributed by atoms with Crippen LogP contribution in [0.15, 0.2) is 84.9 Å². The summed E-state index contributed by atoms with van der Waals surface area (Å²) < 4.78 is 20.1. The first-order chi connectivity index (χ1) is 29.8. The van der Waals surface area contributed by atoms with E-state index in [1.165, 1.54) is 36.4 Å². The summed E-state index contributed by atoms with van der Waals surface area (Å²) in [6.07, 6.45) is 1.20. The molecule has 0 aliphatic carbocycles. The van der Waals surface area contributed by atoms with Gasteiger partial charge in [-0.25, -0.2) is 28.8 Å². The average molecular weight is 853 g/mol. The minimum absolute atomic E-state index is 0.0627. The van der Waals surface area contributed by atoms with E-state index in [0.717, 1.165) is 0 Å². The van der Waals surface area contributed by atoms with Gasteiger partial charge in [0.05, 0.1) is 48.7 Å². The third-order valence-corrected chi connectivity index (χ3v) is 8.34. The maximum absolute atomic E-state index is 12.7. The average Bonchev–Trinajstić information content (AvgIpc) is 3.24. The predicted octanol–water partition coefficient (Wildman–Crippen LogP) is 7.82. The number of benzene rings is 4. The van der Waals surface area contributed by atoms with E-state index in [4.69, 9.17) is 18.9 Å². The quantitative estimate of drug-likeness (QED) is 0.0300. The highest BCUT2D eigenvalue weighted by molar-refractivity contribution is 6.04. The number of nitrogens with one attached hydrogen (secondary N) is 6. The van der Waals surface area contributed by atoms with Gasteiger partial charge in [-0.05, 0) is 125 Å². The molecule has 4 rings (SSSR count). The van der Waals surface area contributed by atoms with E-state index in [2.05, 4.69) is 31.9 Å². The molecule has 18 nitrogen and oxygen atoms in total. The van der Waals surface area contributed by atoms with Crippen LogP contribution in [0.5, 0.6) is 0 Å². The number of esters is 4. The van der Waals surface area contributed by atoms with Crippen molar-refractivity contribution in [2.75, 3.05) is 58.3 Å². The van der Waals surface area contributed by atoms with Crippen LogP contribution in [0.25, 0.3) is 0 Å². The number of urea groups is 2. The Morgan fingerprint density at radius 3 is 0.855 bits per heavy atom. The number of ether oxygens (including phenoxy) is 4. The molecule has 0 bridgehead atoms. The molecule has 0 atom stereocenters. The largest absolute Gasteiger partial charge is 0.462 e. The monoisotopic (exact) mass is 852 g/mol. The fraction of sp³-hybridized carbons (Fsp3) is 0.273. The predicted molar refractivity (Wildman–Crippen MR) is 231 cm³/mol. The molecule has 6 N–H and O–H groups in total. The van der Waals surface area contributed by atoms with Crippen molar-refractivity contribution in [1.29, 1.82) is 0 Å². The zero-order valence-electron chi connectivity index (χ0n) is 34.6. The summed E-state index contributed by atoms with van der Waals surface area (Å²) in [4.78, 5) is 99.9. The van der Waals surface area contributed by atoms with Gasteiger partial charge in [0, 0.05) is 47.0 Å². The van der Waals surface area contributed by atoms with Gasteiger partial charge in [-0.1, -0.05) is 0 Å². The number of unbranched alkanes of at least 4 members (excludes halogenated alkanes) is 1. The molecular formula is C44H48N6O12. The van der Waals surface area contributed by atoms with Crippen LogP contribution in [0, 0.1) is 0 Å². The second-order valence-electron chi connectivity index (χ2n) is 13.1. The number of amides is 6. The number of hydrogen-bond acceptors (Lipinski definition) is 12. The SMILES string of the molecule is CCOC(=O)c1cc(NC(=O)Nc2ccc(NC(=O)CCCCC(=O)Nc3ccc(NC(=O)Nc4cc(C(=O)OCC)cc(C(=O)OCC)c4)cc3)cc2)cc(C(=O)OCC)c1. The van der Waals surface area contributed by atoms with Gasteiger partial charge in [0.2, 0.25) is 11.8 Å². The molecule has 0 saturated carbocycles. The zero-order valence-corrected chi connectivity index (χ0v) is 34.6. The molecule has 62 heavy (non-hydrogen) atoms. The molecule has 0 radical (unpaired) electrons. The van der Waals surface area contributed by atoms with Crippen LogP contribution < -0.4 is 31.9 Å². The third-order valence-electron chi connectivity index (χ3n) is 8.34. The lowest BCUT2D eigenvalue weighted by molar-refractivity contribution is -0.118. The normalized spacial score (nSPS) is 10.3. The molecule has 326 valence electrons. The van der Waals surface area contributed by atoms with E-state index in [9.17, 15) is 38.4 Å². The Kier molecular flexibility index (Phi) is 18.0. The van der Waals surface area contributed by atoms with Gasteiger partial charge in [-0.2, -0.15) is 0 Å². The van der Waals surface area contributed by atoms with Crippen LogP contribution in [0.1, 0.15) is 94.8 Å². The maximum atomic E-state index is 12.7. The first kappa shape index (κ1) is 46.9. The van der Waals surface area contributed by atoms with Crippen molar-refractivity contribution >= 4 is 81.9 Å². The van der Waals surface area contributed by atoms with Gasteiger partial charge in [0.1, 0.15) is 0 Å². The van der Waals surface area contributed by atoms with E-state index in [-0.39, 0.29) is 84.7 Å². The van der Waals surface area contributed by atoms with E-state index in [1.807, 2.05) is 0 Å². The summed E-state index contributed by atoms with van der Waals surface area (Å²) in [5.41, 5.74) is 2.35. The molecular weight excluding hydrogens is 805 g/mol. The van der Waals surface area contributed by atoms with Crippen LogP contribution in [0.2, 0.25) is 0 Å². The van der Waals surface area contributed by atoms with Crippen LogP contribution >= 0.6 is 0 Å². The highest BCUT2D eigenvalue weighted by Crippen LogP contribution is 2.21. The number of anilines is 6. The highest BCUT2D eigenvalue weighted by atomic mass is 16.5. The van der Waals surface area contributed by atoms with Gasteiger partial charge in [-0.3, -0.25) is 9.59 Å². The maximum Gasteiger partial charge on any atom is 0.338 e. The fourth-order valence-corrected chi connectivity index (χ4v) is 5.61. The minimum atomic E-state index is -0.667. The Balaban J connectivity index is 1.18. The lowest BCUT2D eigenvalue weighted by Gasteiger charge is -2.12. The molecule has 0 heterocycles. The number of hydrogen-bond donors (Lipinski definition) is 6. The van der Waals surface area contributed by atoms with Crippen molar-refractivity contribution in [3.63, 3.8) is 0 Å².